The van der Waals surface area contributed by atoms with Crippen LogP contribution >= 0.6 is 23.5 Å². The number of fused-ring (bicyclic) bond motifs is 4. The first kappa shape index (κ1) is 26.4. The van der Waals surface area contributed by atoms with E-state index in [1.807, 2.05) is 0 Å². The fraction of sp³-hybridized carbons (Fsp3) is 0.368. The highest BCUT2D eigenvalue weighted by Gasteiger charge is 2.60. The van der Waals surface area contributed by atoms with Crippen molar-refractivity contribution in [3.05, 3.63) is 107 Å². The van der Waals surface area contributed by atoms with Gasteiger partial charge in [0.15, 0.2) is 0 Å². The van der Waals surface area contributed by atoms with E-state index in [2.05, 4.69) is 146 Å². The topological polar surface area (TPSA) is 0 Å². The van der Waals surface area contributed by atoms with Crippen LogP contribution in [0.25, 0.3) is 32.7 Å². The van der Waals surface area contributed by atoms with Gasteiger partial charge >= 0.3 is 0 Å². The first-order valence-corrected chi connectivity index (χ1v) is 20.6. The van der Waals surface area contributed by atoms with Crippen LogP contribution in [0.1, 0.15) is 37.8 Å². The van der Waals surface area contributed by atoms with Gasteiger partial charge in [0.05, 0.1) is 8.07 Å². The van der Waals surface area contributed by atoms with Crippen LogP contribution < -0.4 is 0 Å². The van der Waals surface area contributed by atoms with Crippen LogP contribution in [0.2, 0.25) is 24.2 Å². The summed E-state index contributed by atoms with van der Waals surface area (Å²) in [4.78, 5) is 0. The largest absolute Gasteiger partial charge is 0.130 e. The summed E-state index contributed by atoms with van der Waals surface area (Å²) in [6.45, 7) is 10.8. The molecule has 8 unspecified atom stereocenters. The van der Waals surface area contributed by atoms with Gasteiger partial charge in [-0.3, -0.25) is 0 Å². The molecule has 3 heteroatoms. The first-order valence-electron chi connectivity index (χ1n) is 15.6. The molecule has 0 nitrogen and oxygen atoms in total. The van der Waals surface area contributed by atoms with Crippen LogP contribution in [0, 0.1) is 23.7 Å². The van der Waals surface area contributed by atoms with E-state index in [9.17, 15) is 0 Å². The van der Waals surface area contributed by atoms with Gasteiger partial charge in [-0.1, -0.05) is 112 Å². The summed E-state index contributed by atoms with van der Waals surface area (Å²) in [5, 5.41) is 12.3. The predicted octanol–water partition coefficient (Wildman–Crippen LogP) is 11.4. The van der Waals surface area contributed by atoms with Crippen molar-refractivity contribution < 1.29 is 0 Å². The Bertz CT molecular complexity index is 1580. The molecule has 0 N–H and O–H groups in total. The standard InChI is InChI=1S/C38H40S2Si/c1-23-19-31-33(29-17-9-13-25-11-5-7-15-27(25)29)21-39-35(31)37(23)41(3,4)38-24(2)20-32-34(22-40-36(32)38)30-18-10-14-26-12-6-8-16-28(26)30/h5-18,21-24,31-32,35-38H,19-20H2,1-4H3. The number of hydrogen-bond donors (Lipinski definition) is 0. The van der Waals surface area contributed by atoms with Gasteiger partial charge in [0.25, 0.3) is 0 Å². The zero-order valence-corrected chi connectivity index (χ0v) is 27.2. The Labute approximate surface area is 255 Å². The molecule has 2 fully saturated rings. The number of rotatable bonds is 4. The Morgan fingerprint density at radius 1 is 0.561 bits per heavy atom. The highest BCUT2D eigenvalue weighted by Crippen LogP contribution is 2.67. The van der Waals surface area contributed by atoms with E-state index in [4.69, 9.17) is 0 Å². The lowest BCUT2D eigenvalue weighted by molar-refractivity contribution is 0.546. The van der Waals surface area contributed by atoms with Crippen molar-refractivity contribution in [2.45, 2.75) is 61.4 Å². The fourth-order valence-electron chi connectivity index (χ4n) is 9.97. The van der Waals surface area contributed by atoms with Gasteiger partial charge in [-0.05, 0) is 102 Å². The van der Waals surface area contributed by atoms with Crippen LogP contribution in [0.5, 0.6) is 0 Å². The molecule has 2 aliphatic carbocycles. The van der Waals surface area contributed by atoms with Crippen molar-refractivity contribution >= 4 is 64.3 Å². The normalized spacial score (nSPS) is 32.8. The van der Waals surface area contributed by atoms with Crippen molar-refractivity contribution in [1.29, 1.82) is 0 Å². The molecule has 4 aromatic rings. The van der Waals surface area contributed by atoms with Gasteiger partial charge in [-0.25, -0.2) is 0 Å². The minimum absolute atomic E-state index is 0.700. The average Bonchev–Trinajstić information content (AvgIpc) is 3.72. The second kappa shape index (κ2) is 9.93. The first-order chi connectivity index (χ1) is 19.9. The molecular formula is C38H40S2Si. The van der Waals surface area contributed by atoms with Crippen LogP contribution in [0.4, 0.5) is 0 Å². The van der Waals surface area contributed by atoms with Gasteiger partial charge in [-0.2, -0.15) is 0 Å². The third kappa shape index (κ3) is 4.02. The van der Waals surface area contributed by atoms with E-state index in [0.29, 0.717) is 11.8 Å². The van der Waals surface area contributed by atoms with Crippen molar-refractivity contribution in [3.8, 4) is 0 Å². The molecule has 0 bridgehead atoms. The molecule has 0 saturated heterocycles. The van der Waals surface area contributed by atoms with Crippen LogP contribution in [0.3, 0.4) is 0 Å². The molecule has 41 heavy (non-hydrogen) atoms. The Morgan fingerprint density at radius 2 is 0.976 bits per heavy atom. The number of benzene rings is 4. The van der Waals surface area contributed by atoms with Crippen molar-refractivity contribution in [2.24, 2.45) is 23.7 Å². The van der Waals surface area contributed by atoms with Crippen LogP contribution in [0.15, 0.2) is 95.7 Å². The third-order valence-corrected chi connectivity index (χ3v) is 19.8. The van der Waals surface area contributed by atoms with Gasteiger partial charge in [0.1, 0.15) is 0 Å². The highest BCUT2D eigenvalue weighted by atomic mass is 32.2. The molecule has 208 valence electrons. The Morgan fingerprint density at radius 3 is 1.44 bits per heavy atom. The SMILES string of the molecule is CC1CC2C(c3cccc4ccccc34)=CSC2C1[Si](C)(C)C1C(C)CC2C(c3cccc4ccccc34)=CSC21. The van der Waals surface area contributed by atoms with Gasteiger partial charge < -0.3 is 0 Å². The summed E-state index contributed by atoms with van der Waals surface area (Å²) in [6, 6.07) is 31.8. The van der Waals surface area contributed by atoms with Gasteiger partial charge in [0.2, 0.25) is 0 Å². The molecule has 8 rings (SSSR count). The zero-order valence-electron chi connectivity index (χ0n) is 24.6. The van der Waals surface area contributed by atoms with Gasteiger partial charge in [0, 0.05) is 10.5 Å². The number of hydrogen-bond acceptors (Lipinski definition) is 2. The molecular weight excluding hydrogens is 549 g/mol. The van der Waals surface area contributed by atoms with E-state index in [0.717, 1.165) is 33.4 Å². The molecule has 8 atom stereocenters. The maximum absolute atomic E-state index is 2.80. The van der Waals surface area contributed by atoms with Crippen LogP contribution in [-0.4, -0.2) is 18.6 Å². The molecule has 0 amide bonds. The number of thioether (sulfide) groups is 2. The highest BCUT2D eigenvalue weighted by molar-refractivity contribution is 8.03. The van der Waals surface area contributed by atoms with E-state index in [1.165, 1.54) is 45.5 Å². The van der Waals surface area contributed by atoms with Crippen molar-refractivity contribution in [3.63, 3.8) is 0 Å². The van der Waals surface area contributed by atoms with E-state index >= 15 is 0 Å². The lowest BCUT2D eigenvalue weighted by atomic mass is 9.89. The Kier molecular flexibility index (Phi) is 6.40. The van der Waals surface area contributed by atoms with E-state index in [1.54, 1.807) is 11.1 Å². The summed E-state index contributed by atoms with van der Waals surface area (Å²) in [5.41, 5.74) is 7.97. The smallest absolute Gasteiger partial charge is 0.0564 e. The minimum atomic E-state index is -1.61. The summed E-state index contributed by atoms with van der Waals surface area (Å²) in [6.07, 6.45) is 2.71. The molecule has 0 aromatic heterocycles. The molecule has 2 aliphatic heterocycles. The lowest BCUT2D eigenvalue weighted by Crippen LogP contribution is -2.47. The summed E-state index contributed by atoms with van der Waals surface area (Å²) in [5.74, 6) is 3.01. The summed E-state index contributed by atoms with van der Waals surface area (Å²) >= 11 is 4.40. The predicted molar refractivity (Wildman–Crippen MR) is 186 cm³/mol. The minimum Gasteiger partial charge on any atom is -0.130 e. The second-order valence-corrected chi connectivity index (χ2v) is 21.0. The van der Waals surface area contributed by atoms with Crippen LogP contribution in [-0.2, 0) is 0 Å². The lowest BCUT2D eigenvalue weighted by Gasteiger charge is -2.44. The zero-order chi connectivity index (χ0) is 27.9. The molecule has 2 saturated carbocycles. The van der Waals surface area contributed by atoms with Gasteiger partial charge in [-0.15, -0.1) is 23.5 Å². The Hall–Kier alpha value is -2.20. The monoisotopic (exact) mass is 588 g/mol. The molecule has 2 heterocycles. The maximum atomic E-state index is 2.80. The van der Waals surface area contributed by atoms with Crippen molar-refractivity contribution in [1.82, 2.24) is 0 Å². The molecule has 0 spiro atoms. The van der Waals surface area contributed by atoms with Crippen molar-refractivity contribution in [2.75, 3.05) is 0 Å². The quantitative estimate of drug-likeness (QED) is 0.217. The summed E-state index contributed by atoms with van der Waals surface area (Å²) < 4.78 is 0. The Balaban J connectivity index is 1.09. The average molecular weight is 589 g/mol. The maximum Gasteiger partial charge on any atom is 0.0564 e. The number of allylic oxidation sites excluding steroid dienone is 2. The fourth-order valence-corrected chi connectivity index (χ4v) is 21.3. The second-order valence-electron chi connectivity index (χ2n) is 13.9. The summed E-state index contributed by atoms with van der Waals surface area (Å²) in [7, 11) is -1.61. The third-order valence-electron chi connectivity index (χ3n) is 11.4. The molecule has 4 aliphatic rings. The van der Waals surface area contributed by atoms with E-state index in [-0.39, 0.29) is 0 Å². The molecule has 4 aromatic carbocycles. The molecule has 0 radical (unpaired) electrons. The van der Waals surface area contributed by atoms with E-state index < -0.39 is 8.07 Å².